The van der Waals surface area contributed by atoms with E-state index in [9.17, 15) is 0 Å². The standard InChI is InChI=1S/C10H19NS/c1-11(9-3-4-9)7-10(8-12)5-2-6-10/h9,12H,2-8H2,1H3. The van der Waals surface area contributed by atoms with E-state index < -0.39 is 0 Å². The molecule has 0 amide bonds. The monoisotopic (exact) mass is 185 g/mol. The molecule has 0 atom stereocenters. The average Bonchev–Trinajstić information content (AvgIpc) is 2.78. The minimum Gasteiger partial charge on any atom is -0.303 e. The van der Waals surface area contributed by atoms with Crippen molar-refractivity contribution in [1.82, 2.24) is 4.90 Å². The van der Waals surface area contributed by atoms with Gasteiger partial charge in [0.25, 0.3) is 0 Å². The van der Waals surface area contributed by atoms with Crippen LogP contribution in [0.1, 0.15) is 32.1 Å². The molecule has 0 unspecified atom stereocenters. The molecule has 0 aromatic rings. The van der Waals surface area contributed by atoms with E-state index >= 15 is 0 Å². The van der Waals surface area contributed by atoms with Crippen molar-refractivity contribution in [1.29, 1.82) is 0 Å². The topological polar surface area (TPSA) is 3.24 Å². The van der Waals surface area contributed by atoms with E-state index in [4.69, 9.17) is 0 Å². The van der Waals surface area contributed by atoms with E-state index in [1.807, 2.05) is 0 Å². The maximum absolute atomic E-state index is 4.47. The maximum Gasteiger partial charge on any atom is 0.00936 e. The molecular formula is C10H19NS. The first kappa shape index (κ1) is 8.89. The van der Waals surface area contributed by atoms with Crippen LogP contribution >= 0.6 is 12.6 Å². The van der Waals surface area contributed by atoms with Crippen molar-refractivity contribution in [3.05, 3.63) is 0 Å². The number of thiol groups is 1. The smallest absolute Gasteiger partial charge is 0.00936 e. The fourth-order valence-electron chi connectivity index (χ4n) is 2.22. The van der Waals surface area contributed by atoms with Gasteiger partial charge in [0.2, 0.25) is 0 Å². The third-order valence-corrected chi connectivity index (χ3v) is 4.18. The highest BCUT2D eigenvalue weighted by molar-refractivity contribution is 7.80. The molecule has 2 saturated carbocycles. The summed E-state index contributed by atoms with van der Waals surface area (Å²) in [7, 11) is 2.28. The number of hydrogen-bond donors (Lipinski definition) is 1. The minimum absolute atomic E-state index is 0.598. The molecule has 2 aliphatic carbocycles. The molecule has 12 heavy (non-hydrogen) atoms. The Balaban J connectivity index is 1.82. The fraction of sp³-hybridized carbons (Fsp3) is 1.00. The quantitative estimate of drug-likeness (QED) is 0.657. The first-order chi connectivity index (χ1) is 5.76. The second kappa shape index (κ2) is 3.22. The van der Waals surface area contributed by atoms with Gasteiger partial charge in [-0.05, 0) is 43.9 Å². The fourth-order valence-corrected chi connectivity index (χ4v) is 2.63. The molecule has 0 aromatic carbocycles. The highest BCUT2D eigenvalue weighted by Crippen LogP contribution is 2.43. The van der Waals surface area contributed by atoms with Crippen molar-refractivity contribution < 1.29 is 0 Å². The molecule has 70 valence electrons. The molecule has 0 saturated heterocycles. The third-order valence-electron chi connectivity index (χ3n) is 3.50. The van der Waals surface area contributed by atoms with E-state index in [0.29, 0.717) is 5.41 Å². The van der Waals surface area contributed by atoms with Crippen LogP contribution in [0.15, 0.2) is 0 Å². The molecular weight excluding hydrogens is 166 g/mol. The van der Waals surface area contributed by atoms with Gasteiger partial charge in [-0.25, -0.2) is 0 Å². The molecule has 0 spiro atoms. The van der Waals surface area contributed by atoms with Gasteiger partial charge < -0.3 is 4.90 Å². The van der Waals surface area contributed by atoms with Gasteiger partial charge in [0.05, 0.1) is 0 Å². The largest absolute Gasteiger partial charge is 0.303 e. The summed E-state index contributed by atoms with van der Waals surface area (Å²) in [5.41, 5.74) is 0.598. The van der Waals surface area contributed by atoms with Gasteiger partial charge >= 0.3 is 0 Å². The lowest BCUT2D eigenvalue weighted by atomic mass is 9.70. The van der Waals surface area contributed by atoms with Gasteiger partial charge in [-0.2, -0.15) is 12.6 Å². The van der Waals surface area contributed by atoms with E-state index in [1.165, 1.54) is 38.6 Å². The Bertz CT molecular complexity index is 156. The minimum atomic E-state index is 0.598. The van der Waals surface area contributed by atoms with Crippen LogP contribution < -0.4 is 0 Å². The van der Waals surface area contributed by atoms with E-state index in [-0.39, 0.29) is 0 Å². The summed E-state index contributed by atoms with van der Waals surface area (Å²) in [6.45, 7) is 1.29. The summed E-state index contributed by atoms with van der Waals surface area (Å²) in [5, 5.41) is 0. The van der Waals surface area contributed by atoms with Crippen molar-refractivity contribution in [2.75, 3.05) is 19.3 Å². The van der Waals surface area contributed by atoms with E-state index in [0.717, 1.165) is 11.8 Å². The van der Waals surface area contributed by atoms with Crippen molar-refractivity contribution in [2.45, 2.75) is 38.1 Å². The van der Waals surface area contributed by atoms with Crippen molar-refractivity contribution in [3.8, 4) is 0 Å². The van der Waals surface area contributed by atoms with Crippen LogP contribution in [0.25, 0.3) is 0 Å². The van der Waals surface area contributed by atoms with Crippen LogP contribution in [-0.4, -0.2) is 30.3 Å². The predicted octanol–water partition coefficient (Wildman–Crippen LogP) is 2.18. The van der Waals surface area contributed by atoms with Crippen molar-refractivity contribution in [2.24, 2.45) is 5.41 Å². The lowest BCUT2D eigenvalue weighted by Gasteiger charge is -2.43. The van der Waals surface area contributed by atoms with Crippen LogP contribution in [0.5, 0.6) is 0 Å². The number of nitrogens with zero attached hydrogens (tertiary/aromatic N) is 1. The van der Waals surface area contributed by atoms with Gasteiger partial charge in [-0.3, -0.25) is 0 Å². The van der Waals surface area contributed by atoms with Crippen molar-refractivity contribution >= 4 is 12.6 Å². The van der Waals surface area contributed by atoms with Crippen LogP contribution in [-0.2, 0) is 0 Å². The lowest BCUT2D eigenvalue weighted by Crippen LogP contribution is -2.43. The Hall–Kier alpha value is 0.310. The molecule has 1 nitrogen and oxygen atoms in total. The van der Waals surface area contributed by atoms with Crippen LogP contribution in [0, 0.1) is 5.41 Å². The molecule has 0 aromatic heterocycles. The molecule has 0 aliphatic heterocycles. The summed E-state index contributed by atoms with van der Waals surface area (Å²) in [4.78, 5) is 2.55. The molecule has 2 heteroatoms. The SMILES string of the molecule is CN(CC1(CS)CCC1)C1CC1. The molecule has 0 N–H and O–H groups in total. The highest BCUT2D eigenvalue weighted by atomic mass is 32.1. The van der Waals surface area contributed by atoms with Gasteiger partial charge in [0.1, 0.15) is 0 Å². The lowest BCUT2D eigenvalue weighted by molar-refractivity contribution is 0.101. The van der Waals surface area contributed by atoms with Gasteiger partial charge in [-0.1, -0.05) is 6.42 Å². The van der Waals surface area contributed by atoms with Crippen LogP contribution in [0.3, 0.4) is 0 Å². The van der Waals surface area contributed by atoms with E-state index in [2.05, 4.69) is 24.6 Å². The highest BCUT2D eigenvalue weighted by Gasteiger charge is 2.39. The predicted molar refractivity (Wildman–Crippen MR) is 55.8 cm³/mol. The number of rotatable bonds is 4. The Kier molecular flexibility index (Phi) is 2.39. The Morgan fingerprint density at radius 1 is 1.42 bits per heavy atom. The molecule has 2 rings (SSSR count). The zero-order chi connectivity index (χ0) is 8.60. The molecule has 0 bridgehead atoms. The normalized spacial score (nSPS) is 27.2. The Morgan fingerprint density at radius 2 is 2.08 bits per heavy atom. The first-order valence-electron chi connectivity index (χ1n) is 5.07. The van der Waals surface area contributed by atoms with Crippen LogP contribution in [0.4, 0.5) is 0 Å². The molecule has 0 radical (unpaired) electrons. The molecule has 2 aliphatic rings. The van der Waals surface area contributed by atoms with Crippen LogP contribution in [0.2, 0.25) is 0 Å². The molecule has 0 heterocycles. The summed E-state index contributed by atoms with van der Waals surface area (Å²) in [5.74, 6) is 1.09. The maximum atomic E-state index is 4.47. The average molecular weight is 185 g/mol. The first-order valence-corrected chi connectivity index (χ1v) is 5.70. The Labute approximate surface area is 80.9 Å². The summed E-state index contributed by atoms with van der Waals surface area (Å²) >= 11 is 4.47. The summed E-state index contributed by atoms with van der Waals surface area (Å²) in [6, 6.07) is 0.919. The van der Waals surface area contributed by atoms with Gasteiger partial charge in [-0.15, -0.1) is 0 Å². The van der Waals surface area contributed by atoms with Crippen molar-refractivity contribution in [3.63, 3.8) is 0 Å². The van der Waals surface area contributed by atoms with Gasteiger partial charge in [0, 0.05) is 12.6 Å². The number of hydrogen-bond acceptors (Lipinski definition) is 2. The zero-order valence-corrected chi connectivity index (χ0v) is 8.82. The second-order valence-electron chi connectivity index (χ2n) is 4.66. The summed E-state index contributed by atoms with van der Waals surface area (Å²) in [6.07, 6.45) is 7.11. The zero-order valence-electron chi connectivity index (χ0n) is 7.92. The third kappa shape index (κ3) is 1.64. The Morgan fingerprint density at radius 3 is 2.42 bits per heavy atom. The summed E-state index contributed by atoms with van der Waals surface area (Å²) < 4.78 is 0. The second-order valence-corrected chi connectivity index (χ2v) is 4.97. The molecule has 2 fully saturated rings. The van der Waals surface area contributed by atoms with Gasteiger partial charge in [0.15, 0.2) is 0 Å². The van der Waals surface area contributed by atoms with E-state index in [1.54, 1.807) is 0 Å².